The lowest BCUT2D eigenvalue weighted by molar-refractivity contribution is -0.143. The van der Waals surface area contributed by atoms with E-state index in [-0.39, 0.29) is 18.5 Å². The largest absolute Gasteiger partial charge is 0.466 e. The molecule has 1 amide bonds. The van der Waals surface area contributed by atoms with Crippen LogP contribution in [0.15, 0.2) is 48.6 Å². The van der Waals surface area contributed by atoms with Gasteiger partial charge in [-0.1, -0.05) is 262 Å². The van der Waals surface area contributed by atoms with E-state index in [1.54, 1.807) is 6.08 Å². The molecule has 0 saturated heterocycles. The summed E-state index contributed by atoms with van der Waals surface area (Å²) in [7, 11) is 0. The molecule has 0 aromatic rings. The minimum atomic E-state index is -0.843. The SMILES string of the molecule is CCCCCC/C=C\C/C=C\CCCCCCCC(=O)OCCCCCCCCCCCCCC/C=C\CCCCCCCCCCCCCC(=O)NC(CO)C(O)/C=C/CCCCCCCCC. The highest BCUT2D eigenvalue weighted by Gasteiger charge is 2.18. The molecule has 0 aromatic carbocycles. The average Bonchev–Trinajstić information content (AvgIpc) is 3.35. The molecule has 3 N–H and O–H groups in total. The number of unbranched alkanes of at least 4 members (excludes halogenated alkanes) is 39. The summed E-state index contributed by atoms with van der Waals surface area (Å²) in [6.45, 7) is 4.85. The number of aliphatic hydroxyl groups is 2. The van der Waals surface area contributed by atoms with Crippen molar-refractivity contribution in [2.24, 2.45) is 0 Å². The molecule has 6 nitrogen and oxygen atoms in total. The summed E-state index contributed by atoms with van der Waals surface area (Å²) in [5.41, 5.74) is 0. The number of carbonyl (C=O) groups is 2. The molecule has 0 heterocycles. The van der Waals surface area contributed by atoms with Gasteiger partial charge in [0.15, 0.2) is 0 Å². The Hall–Kier alpha value is -2.18. The Labute approximate surface area is 429 Å². The lowest BCUT2D eigenvalue weighted by Gasteiger charge is -2.20. The lowest BCUT2D eigenvalue weighted by atomic mass is 10.0. The molecule has 0 bridgehead atoms. The van der Waals surface area contributed by atoms with Gasteiger partial charge in [-0.05, 0) is 89.9 Å². The summed E-state index contributed by atoms with van der Waals surface area (Å²) < 4.78 is 5.48. The Morgan fingerprint density at radius 3 is 1.13 bits per heavy atom. The summed E-state index contributed by atoms with van der Waals surface area (Å²) >= 11 is 0. The van der Waals surface area contributed by atoms with E-state index < -0.39 is 12.1 Å². The quantitative estimate of drug-likeness (QED) is 0.0321. The number of allylic oxidation sites excluding steroid dienone is 7. The maximum Gasteiger partial charge on any atom is 0.305 e. The molecule has 2 unspecified atom stereocenters. The number of aliphatic hydroxyl groups excluding tert-OH is 2. The zero-order chi connectivity index (χ0) is 50.0. The summed E-state index contributed by atoms with van der Waals surface area (Å²) in [5.74, 6) is -0.0711. The average molecular weight is 969 g/mol. The van der Waals surface area contributed by atoms with Crippen molar-refractivity contribution < 1.29 is 24.5 Å². The van der Waals surface area contributed by atoms with Gasteiger partial charge in [0.25, 0.3) is 0 Å². The summed E-state index contributed by atoms with van der Waals surface area (Å²) in [4.78, 5) is 24.4. The van der Waals surface area contributed by atoms with E-state index in [2.05, 4.69) is 55.6 Å². The van der Waals surface area contributed by atoms with E-state index in [1.165, 1.54) is 238 Å². The maximum atomic E-state index is 12.4. The van der Waals surface area contributed by atoms with Gasteiger partial charge in [-0.3, -0.25) is 9.59 Å². The number of hydrogen-bond donors (Lipinski definition) is 3. The Balaban J connectivity index is 3.38. The van der Waals surface area contributed by atoms with Crippen LogP contribution in [0.3, 0.4) is 0 Å². The van der Waals surface area contributed by atoms with Crippen molar-refractivity contribution in [1.29, 1.82) is 0 Å². The highest BCUT2D eigenvalue weighted by Crippen LogP contribution is 2.16. The Morgan fingerprint density at radius 1 is 0.406 bits per heavy atom. The molecule has 0 radical (unpaired) electrons. The predicted molar refractivity (Wildman–Crippen MR) is 301 cm³/mol. The van der Waals surface area contributed by atoms with Crippen molar-refractivity contribution in [3.8, 4) is 0 Å². The van der Waals surface area contributed by atoms with Crippen LogP contribution in [0.5, 0.6) is 0 Å². The fraction of sp³-hybridized carbons (Fsp3) is 0.841. The minimum absolute atomic E-state index is 0.000683. The molecule has 0 aliphatic carbocycles. The van der Waals surface area contributed by atoms with Crippen LogP contribution in [0, 0.1) is 0 Å². The van der Waals surface area contributed by atoms with E-state index in [0.29, 0.717) is 19.4 Å². The molecule has 0 aliphatic heterocycles. The van der Waals surface area contributed by atoms with E-state index in [1.807, 2.05) is 6.08 Å². The maximum absolute atomic E-state index is 12.4. The van der Waals surface area contributed by atoms with Crippen LogP contribution in [0.4, 0.5) is 0 Å². The second-order valence-electron chi connectivity index (χ2n) is 20.7. The number of hydrogen-bond acceptors (Lipinski definition) is 5. The summed E-state index contributed by atoms with van der Waals surface area (Å²) in [5, 5.41) is 22.9. The molecule has 6 heteroatoms. The third kappa shape index (κ3) is 55.0. The van der Waals surface area contributed by atoms with Crippen molar-refractivity contribution in [3.63, 3.8) is 0 Å². The Morgan fingerprint density at radius 2 is 0.725 bits per heavy atom. The molecule has 69 heavy (non-hydrogen) atoms. The van der Waals surface area contributed by atoms with Crippen LogP contribution < -0.4 is 5.32 Å². The number of ether oxygens (including phenoxy) is 1. The predicted octanol–water partition coefficient (Wildman–Crippen LogP) is 19.0. The molecule has 0 aliphatic rings. The van der Waals surface area contributed by atoms with Gasteiger partial charge in [0.05, 0.1) is 25.4 Å². The molecular formula is C63H117NO5. The van der Waals surface area contributed by atoms with Crippen molar-refractivity contribution in [1.82, 2.24) is 5.32 Å². The van der Waals surface area contributed by atoms with Gasteiger partial charge in [-0.25, -0.2) is 0 Å². The van der Waals surface area contributed by atoms with Crippen LogP contribution in [0.2, 0.25) is 0 Å². The van der Waals surface area contributed by atoms with Gasteiger partial charge in [0, 0.05) is 12.8 Å². The van der Waals surface area contributed by atoms with Gasteiger partial charge in [0.2, 0.25) is 5.91 Å². The Kier molecular flexibility index (Phi) is 56.5. The third-order valence-electron chi connectivity index (χ3n) is 13.8. The van der Waals surface area contributed by atoms with Crippen LogP contribution in [-0.4, -0.2) is 47.4 Å². The number of esters is 1. The van der Waals surface area contributed by atoms with E-state index in [9.17, 15) is 19.8 Å². The lowest BCUT2D eigenvalue weighted by Crippen LogP contribution is -2.45. The second kappa shape index (κ2) is 58.4. The van der Waals surface area contributed by atoms with Crippen molar-refractivity contribution >= 4 is 11.9 Å². The number of carbonyl (C=O) groups excluding carboxylic acids is 2. The monoisotopic (exact) mass is 968 g/mol. The van der Waals surface area contributed by atoms with Gasteiger partial charge >= 0.3 is 5.97 Å². The van der Waals surface area contributed by atoms with Gasteiger partial charge in [-0.15, -0.1) is 0 Å². The molecule has 404 valence electrons. The normalized spacial score (nSPS) is 12.9. The molecule has 0 saturated carbocycles. The fourth-order valence-corrected chi connectivity index (χ4v) is 9.13. The fourth-order valence-electron chi connectivity index (χ4n) is 9.13. The number of rotatable bonds is 56. The molecule has 0 rings (SSSR count). The van der Waals surface area contributed by atoms with Gasteiger partial charge in [0.1, 0.15) is 0 Å². The first-order valence-electron chi connectivity index (χ1n) is 30.4. The van der Waals surface area contributed by atoms with Crippen LogP contribution in [0.1, 0.15) is 316 Å². The minimum Gasteiger partial charge on any atom is -0.466 e. The van der Waals surface area contributed by atoms with E-state index >= 15 is 0 Å². The number of amides is 1. The van der Waals surface area contributed by atoms with Crippen LogP contribution in [0.25, 0.3) is 0 Å². The highest BCUT2D eigenvalue weighted by atomic mass is 16.5. The van der Waals surface area contributed by atoms with E-state index in [4.69, 9.17) is 4.74 Å². The van der Waals surface area contributed by atoms with Crippen molar-refractivity contribution in [3.05, 3.63) is 48.6 Å². The van der Waals surface area contributed by atoms with Gasteiger partial charge < -0.3 is 20.3 Å². The van der Waals surface area contributed by atoms with Crippen LogP contribution >= 0.6 is 0 Å². The molecule has 0 fully saturated rings. The molecular weight excluding hydrogens is 851 g/mol. The summed E-state index contributed by atoms with van der Waals surface area (Å²) in [6.07, 6.45) is 74.5. The Bertz CT molecular complexity index is 1160. The zero-order valence-electron chi connectivity index (χ0n) is 46.0. The first-order chi connectivity index (χ1) is 34.0. The second-order valence-corrected chi connectivity index (χ2v) is 20.7. The molecule has 2 atom stereocenters. The standard InChI is InChI=1S/C63H117NO5/c1-3-5-7-9-11-13-14-15-16-31-34-37-41-45-49-53-57-63(68)69-58-54-50-46-42-38-35-32-29-27-25-23-21-19-17-18-20-22-24-26-28-30-33-36-40-44-48-52-56-62(67)64-60(59-65)61(66)55-51-47-43-39-12-10-8-6-4-2/h13-14,16-18,31,51,55,60-61,65-66H,3-12,15,19-30,32-50,52-54,56-59H2,1-2H3,(H,64,67)/b14-13-,18-17-,31-16-,55-51+. The third-order valence-corrected chi connectivity index (χ3v) is 13.8. The first kappa shape index (κ1) is 66.8. The smallest absolute Gasteiger partial charge is 0.305 e. The number of nitrogens with one attached hydrogen (secondary N) is 1. The summed E-state index contributed by atoms with van der Waals surface area (Å²) in [6, 6.07) is -0.627. The molecule has 0 aromatic heterocycles. The van der Waals surface area contributed by atoms with Crippen molar-refractivity contribution in [2.45, 2.75) is 328 Å². The van der Waals surface area contributed by atoms with Gasteiger partial charge in [-0.2, -0.15) is 0 Å². The topological polar surface area (TPSA) is 95.9 Å². The van der Waals surface area contributed by atoms with E-state index in [0.717, 1.165) is 51.4 Å². The molecule has 0 spiro atoms. The zero-order valence-corrected chi connectivity index (χ0v) is 46.0. The first-order valence-corrected chi connectivity index (χ1v) is 30.4. The highest BCUT2D eigenvalue weighted by molar-refractivity contribution is 5.76. The van der Waals surface area contributed by atoms with Crippen molar-refractivity contribution in [2.75, 3.05) is 13.2 Å². The van der Waals surface area contributed by atoms with Crippen LogP contribution in [-0.2, 0) is 14.3 Å².